The van der Waals surface area contributed by atoms with E-state index in [0.717, 1.165) is 24.0 Å². The van der Waals surface area contributed by atoms with Crippen molar-refractivity contribution in [2.75, 3.05) is 26.2 Å². The van der Waals surface area contributed by atoms with Crippen LogP contribution in [-0.2, 0) is 16.8 Å². The second-order valence-corrected chi connectivity index (χ2v) is 7.39. The molecule has 1 aliphatic carbocycles. The van der Waals surface area contributed by atoms with Gasteiger partial charge in [-0.2, -0.15) is 12.7 Å². The normalized spacial score (nSPS) is 28.7. The molecule has 0 radical (unpaired) electrons. The first-order valence-electron chi connectivity index (χ1n) is 7.02. The maximum Gasteiger partial charge on any atom is 0.276 e. The van der Waals surface area contributed by atoms with Crippen molar-refractivity contribution >= 4 is 10.2 Å². The Morgan fingerprint density at radius 1 is 1.30 bits per heavy atom. The van der Waals surface area contributed by atoms with Crippen LogP contribution in [0.3, 0.4) is 0 Å². The van der Waals surface area contributed by atoms with E-state index in [1.807, 2.05) is 6.07 Å². The average molecular weight is 299 g/mol. The van der Waals surface area contributed by atoms with E-state index in [4.69, 9.17) is 9.56 Å². The molecule has 2 aliphatic rings. The Balaban J connectivity index is 1.53. The van der Waals surface area contributed by atoms with Crippen LogP contribution in [0.4, 0.5) is 0 Å². The minimum Gasteiger partial charge on any atom is -0.464 e. The fourth-order valence-corrected chi connectivity index (χ4v) is 3.43. The predicted molar refractivity (Wildman–Crippen MR) is 75.2 cm³/mol. The van der Waals surface area contributed by atoms with Gasteiger partial charge in [0.05, 0.1) is 6.54 Å². The topological polar surface area (TPSA) is 79.8 Å². The molecule has 2 N–H and O–H groups in total. The van der Waals surface area contributed by atoms with Gasteiger partial charge in [-0.1, -0.05) is 6.92 Å². The number of nitrogens with two attached hydrogens (primary N) is 1. The SMILES string of the molecule is C[C@H]1C[C@@H]1c1ccc(CN2CCN(S(N)(=O)=O)CC2)o1. The summed E-state index contributed by atoms with van der Waals surface area (Å²) in [7, 11) is -3.54. The third kappa shape index (κ3) is 3.06. The lowest BCUT2D eigenvalue weighted by molar-refractivity contribution is 0.170. The second-order valence-electron chi connectivity index (χ2n) is 5.84. The molecule has 1 aromatic heterocycles. The van der Waals surface area contributed by atoms with E-state index in [-0.39, 0.29) is 0 Å². The monoisotopic (exact) mass is 299 g/mol. The fourth-order valence-electron chi connectivity index (χ4n) is 2.76. The highest BCUT2D eigenvalue weighted by Crippen LogP contribution is 2.47. The molecule has 3 rings (SSSR count). The standard InChI is InChI=1S/C13H21N3O3S/c1-10-8-12(10)13-3-2-11(19-13)9-15-4-6-16(7-5-15)20(14,17)18/h2-3,10,12H,4-9H2,1H3,(H2,14,17,18)/t10-,12-/m0/s1. The molecule has 0 bridgehead atoms. The summed E-state index contributed by atoms with van der Waals surface area (Å²) in [5, 5.41) is 5.13. The number of nitrogens with zero attached hydrogens (tertiary/aromatic N) is 2. The molecular formula is C13H21N3O3S. The molecule has 2 fully saturated rings. The molecule has 0 aromatic carbocycles. The van der Waals surface area contributed by atoms with E-state index in [1.54, 1.807) is 0 Å². The first-order valence-corrected chi connectivity index (χ1v) is 8.52. The minimum absolute atomic E-state index is 0.450. The van der Waals surface area contributed by atoms with Crippen LogP contribution in [0.25, 0.3) is 0 Å². The van der Waals surface area contributed by atoms with Gasteiger partial charge in [0.15, 0.2) is 0 Å². The van der Waals surface area contributed by atoms with Crippen molar-refractivity contribution in [2.24, 2.45) is 11.1 Å². The van der Waals surface area contributed by atoms with Crippen molar-refractivity contribution in [3.05, 3.63) is 23.7 Å². The van der Waals surface area contributed by atoms with Gasteiger partial charge in [0, 0.05) is 32.1 Å². The fraction of sp³-hybridized carbons (Fsp3) is 0.692. The summed E-state index contributed by atoms with van der Waals surface area (Å²) >= 11 is 0. The molecule has 0 amide bonds. The third-order valence-corrected chi connectivity index (χ3v) is 5.31. The smallest absolute Gasteiger partial charge is 0.276 e. The van der Waals surface area contributed by atoms with Crippen molar-refractivity contribution in [2.45, 2.75) is 25.8 Å². The van der Waals surface area contributed by atoms with Crippen LogP contribution in [0.15, 0.2) is 16.5 Å². The summed E-state index contributed by atoms with van der Waals surface area (Å²) in [5.41, 5.74) is 0. The zero-order valence-corrected chi connectivity index (χ0v) is 12.5. The van der Waals surface area contributed by atoms with Gasteiger partial charge < -0.3 is 4.42 Å². The summed E-state index contributed by atoms with van der Waals surface area (Å²) in [5.74, 6) is 3.40. The van der Waals surface area contributed by atoms with Gasteiger partial charge >= 0.3 is 0 Å². The quantitative estimate of drug-likeness (QED) is 0.888. The Labute approximate surface area is 119 Å². The molecule has 1 aliphatic heterocycles. The van der Waals surface area contributed by atoms with Crippen LogP contribution < -0.4 is 5.14 Å². The average Bonchev–Trinajstić information content (AvgIpc) is 2.94. The molecule has 0 spiro atoms. The van der Waals surface area contributed by atoms with Crippen molar-refractivity contribution in [3.63, 3.8) is 0 Å². The Bertz CT molecular complexity index is 575. The Hall–Kier alpha value is -0.890. The first-order chi connectivity index (χ1) is 9.43. The van der Waals surface area contributed by atoms with Gasteiger partial charge in [0.25, 0.3) is 10.2 Å². The maximum atomic E-state index is 11.2. The molecule has 1 saturated carbocycles. The third-order valence-electron chi connectivity index (χ3n) is 4.23. The lowest BCUT2D eigenvalue weighted by atomic mass is 10.3. The van der Waals surface area contributed by atoms with Crippen molar-refractivity contribution in [1.82, 2.24) is 9.21 Å². The summed E-state index contributed by atoms with van der Waals surface area (Å²) in [4.78, 5) is 2.20. The highest BCUT2D eigenvalue weighted by molar-refractivity contribution is 7.86. The molecular weight excluding hydrogens is 278 g/mol. The van der Waals surface area contributed by atoms with Gasteiger partial charge in [-0.3, -0.25) is 4.90 Å². The van der Waals surface area contributed by atoms with Crippen molar-refractivity contribution in [1.29, 1.82) is 0 Å². The highest BCUT2D eigenvalue weighted by Gasteiger charge is 2.36. The molecule has 1 aromatic rings. The van der Waals surface area contributed by atoms with Gasteiger partial charge in [-0.25, -0.2) is 5.14 Å². The Morgan fingerprint density at radius 2 is 1.95 bits per heavy atom. The first kappa shape index (κ1) is 14.1. The van der Waals surface area contributed by atoms with E-state index >= 15 is 0 Å². The molecule has 7 heteroatoms. The van der Waals surface area contributed by atoms with Gasteiger partial charge in [0.2, 0.25) is 0 Å². The number of rotatable bonds is 4. The summed E-state index contributed by atoms with van der Waals surface area (Å²) in [6.45, 7) is 5.25. The lowest BCUT2D eigenvalue weighted by Crippen LogP contribution is -2.50. The Morgan fingerprint density at radius 3 is 2.50 bits per heavy atom. The zero-order valence-electron chi connectivity index (χ0n) is 11.7. The summed E-state index contributed by atoms with van der Waals surface area (Å²) in [6.07, 6.45) is 1.22. The summed E-state index contributed by atoms with van der Waals surface area (Å²) in [6, 6.07) is 4.11. The number of furan rings is 1. The van der Waals surface area contributed by atoms with E-state index < -0.39 is 10.2 Å². The van der Waals surface area contributed by atoms with Crippen molar-refractivity contribution < 1.29 is 12.8 Å². The molecule has 20 heavy (non-hydrogen) atoms. The molecule has 6 nitrogen and oxygen atoms in total. The van der Waals surface area contributed by atoms with Crippen molar-refractivity contribution in [3.8, 4) is 0 Å². The van der Waals surface area contributed by atoms with E-state index in [0.29, 0.717) is 32.1 Å². The maximum absolute atomic E-state index is 11.2. The molecule has 1 saturated heterocycles. The molecule has 112 valence electrons. The number of piperazine rings is 1. The summed E-state index contributed by atoms with van der Waals surface area (Å²) < 4.78 is 29.7. The molecule has 2 heterocycles. The zero-order chi connectivity index (χ0) is 14.3. The van der Waals surface area contributed by atoms with Crippen LogP contribution in [0.5, 0.6) is 0 Å². The number of hydrogen-bond acceptors (Lipinski definition) is 4. The van der Waals surface area contributed by atoms with Crippen LogP contribution in [0.1, 0.15) is 30.8 Å². The van der Waals surface area contributed by atoms with Crippen LogP contribution >= 0.6 is 0 Å². The van der Waals surface area contributed by atoms with E-state index in [2.05, 4.69) is 17.9 Å². The number of hydrogen-bond donors (Lipinski definition) is 1. The van der Waals surface area contributed by atoms with Crippen LogP contribution in [-0.4, -0.2) is 43.8 Å². The largest absolute Gasteiger partial charge is 0.464 e. The highest BCUT2D eigenvalue weighted by atomic mass is 32.2. The Kier molecular flexibility index (Phi) is 3.62. The second kappa shape index (κ2) is 5.14. The minimum atomic E-state index is -3.54. The van der Waals surface area contributed by atoms with Gasteiger partial charge in [-0.05, 0) is 24.5 Å². The van der Waals surface area contributed by atoms with Gasteiger partial charge in [0.1, 0.15) is 11.5 Å². The molecule has 0 unspecified atom stereocenters. The molecule has 2 atom stereocenters. The van der Waals surface area contributed by atoms with E-state index in [9.17, 15) is 8.42 Å². The predicted octanol–water partition coefficient (Wildman–Crippen LogP) is 0.724. The van der Waals surface area contributed by atoms with Gasteiger partial charge in [-0.15, -0.1) is 0 Å². The lowest BCUT2D eigenvalue weighted by Gasteiger charge is -2.32. The van der Waals surface area contributed by atoms with E-state index in [1.165, 1.54) is 10.7 Å². The van der Waals surface area contributed by atoms with Crippen LogP contribution in [0.2, 0.25) is 0 Å². The van der Waals surface area contributed by atoms with Crippen LogP contribution in [0, 0.1) is 5.92 Å².